The number of ether oxygens (including phenoxy) is 2. The summed E-state index contributed by atoms with van der Waals surface area (Å²) in [6.07, 6.45) is 2.60. The number of halogens is 2. The largest absolute Gasteiger partial charge is 0.465 e. The summed E-state index contributed by atoms with van der Waals surface area (Å²) >= 11 is 7.09. The van der Waals surface area contributed by atoms with E-state index >= 15 is 0 Å². The lowest BCUT2D eigenvalue weighted by molar-refractivity contribution is 0.00913. The number of rotatable bonds is 8. The van der Waals surface area contributed by atoms with Gasteiger partial charge in [-0.15, -0.1) is 0 Å². The van der Waals surface area contributed by atoms with Crippen molar-refractivity contribution in [3.05, 3.63) is 26.6 Å². The van der Waals surface area contributed by atoms with Crippen molar-refractivity contribution < 1.29 is 9.47 Å². The van der Waals surface area contributed by atoms with Crippen LogP contribution in [0.3, 0.4) is 0 Å². The Morgan fingerprint density at radius 1 is 1.26 bits per heavy atom. The maximum Gasteiger partial charge on any atom is 0.189 e. The predicted octanol–water partition coefficient (Wildman–Crippen LogP) is 4.08. The molecule has 0 saturated heterocycles. The second-order valence-electron chi connectivity index (χ2n) is 4.75. The standard InChI is InChI=1S/C14H19Br2NO2/c1-2-17-7-11-5-12(15)14(13(16)6-11)19-9-18-8-10-3-4-10/h5-6,10,17H,2-4,7-9H2,1H3. The quantitative estimate of drug-likeness (QED) is 0.534. The first-order valence-corrected chi connectivity index (χ1v) is 8.18. The van der Waals surface area contributed by atoms with Crippen LogP contribution in [0.2, 0.25) is 0 Å². The van der Waals surface area contributed by atoms with Crippen molar-refractivity contribution in [2.75, 3.05) is 19.9 Å². The van der Waals surface area contributed by atoms with E-state index in [1.807, 2.05) is 0 Å². The van der Waals surface area contributed by atoms with Gasteiger partial charge in [-0.1, -0.05) is 6.92 Å². The molecule has 1 aliphatic carbocycles. The zero-order chi connectivity index (χ0) is 13.7. The van der Waals surface area contributed by atoms with Gasteiger partial charge in [0.15, 0.2) is 12.5 Å². The molecular formula is C14H19Br2NO2. The highest BCUT2D eigenvalue weighted by Crippen LogP contribution is 2.35. The molecule has 0 spiro atoms. The second kappa shape index (κ2) is 7.62. The molecule has 0 amide bonds. The summed E-state index contributed by atoms with van der Waals surface area (Å²) in [5, 5.41) is 3.30. The molecule has 1 saturated carbocycles. The Kier molecular flexibility index (Phi) is 6.13. The van der Waals surface area contributed by atoms with E-state index in [2.05, 4.69) is 56.2 Å². The van der Waals surface area contributed by atoms with Gasteiger partial charge in [0.25, 0.3) is 0 Å². The number of nitrogens with one attached hydrogen (secondary N) is 1. The lowest BCUT2D eigenvalue weighted by Gasteiger charge is -2.12. The highest BCUT2D eigenvalue weighted by Gasteiger charge is 2.21. The molecule has 0 aromatic heterocycles. The Morgan fingerprint density at radius 3 is 2.53 bits per heavy atom. The average Bonchev–Trinajstić information content (AvgIpc) is 3.18. The normalized spacial score (nSPS) is 14.7. The Morgan fingerprint density at radius 2 is 1.95 bits per heavy atom. The average molecular weight is 393 g/mol. The van der Waals surface area contributed by atoms with E-state index in [0.29, 0.717) is 6.79 Å². The van der Waals surface area contributed by atoms with E-state index in [0.717, 1.165) is 40.3 Å². The third-order valence-electron chi connectivity index (χ3n) is 2.97. The fraction of sp³-hybridized carbons (Fsp3) is 0.571. The van der Waals surface area contributed by atoms with Gasteiger partial charge in [-0.3, -0.25) is 0 Å². The second-order valence-corrected chi connectivity index (χ2v) is 6.45. The van der Waals surface area contributed by atoms with Crippen LogP contribution in [-0.4, -0.2) is 19.9 Å². The van der Waals surface area contributed by atoms with Crippen LogP contribution in [0.15, 0.2) is 21.1 Å². The van der Waals surface area contributed by atoms with Crippen LogP contribution < -0.4 is 10.1 Å². The molecule has 106 valence electrons. The Bertz CT molecular complexity index is 399. The van der Waals surface area contributed by atoms with E-state index in [4.69, 9.17) is 9.47 Å². The van der Waals surface area contributed by atoms with Crippen molar-refractivity contribution in [2.45, 2.75) is 26.3 Å². The zero-order valence-electron chi connectivity index (χ0n) is 11.0. The molecule has 0 unspecified atom stereocenters. The first-order valence-electron chi connectivity index (χ1n) is 6.60. The van der Waals surface area contributed by atoms with Gasteiger partial charge in [0, 0.05) is 6.54 Å². The summed E-state index contributed by atoms with van der Waals surface area (Å²) in [5.41, 5.74) is 1.21. The van der Waals surface area contributed by atoms with Gasteiger partial charge in [0.2, 0.25) is 0 Å². The molecule has 0 aliphatic heterocycles. The monoisotopic (exact) mass is 391 g/mol. The molecule has 2 rings (SSSR count). The SMILES string of the molecule is CCNCc1cc(Br)c(OCOCC2CC2)c(Br)c1. The predicted molar refractivity (Wildman–Crippen MR) is 83.4 cm³/mol. The first kappa shape index (κ1) is 15.3. The highest BCUT2D eigenvalue weighted by molar-refractivity contribution is 9.11. The Labute approximate surface area is 131 Å². The summed E-state index contributed by atoms with van der Waals surface area (Å²) in [6, 6.07) is 4.15. The molecule has 1 fully saturated rings. The minimum Gasteiger partial charge on any atom is -0.465 e. The van der Waals surface area contributed by atoms with Crippen LogP contribution in [0.1, 0.15) is 25.3 Å². The molecule has 1 aromatic rings. The minimum atomic E-state index is 0.306. The van der Waals surface area contributed by atoms with E-state index in [-0.39, 0.29) is 0 Å². The Hall–Kier alpha value is -0.100. The van der Waals surface area contributed by atoms with Crippen LogP contribution in [0.4, 0.5) is 0 Å². The van der Waals surface area contributed by atoms with Gasteiger partial charge in [-0.2, -0.15) is 0 Å². The molecule has 3 nitrogen and oxygen atoms in total. The highest BCUT2D eigenvalue weighted by atomic mass is 79.9. The zero-order valence-corrected chi connectivity index (χ0v) is 14.2. The molecule has 0 heterocycles. The van der Waals surface area contributed by atoms with Crippen molar-refractivity contribution in [1.82, 2.24) is 5.32 Å². The maximum atomic E-state index is 5.67. The minimum absolute atomic E-state index is 0.306. The van der Waals surface area contributed by atoms with Gasteiger partial charge in [-0.05, 0) is 74.9 Å². The van der Waals surface area contributed by atoms with E-state index in [1.165, 1.54) is 18.4 Å². The topological polar surface area (TPSA) is 30.5 Å². The number of benzene rings is 1. The molecule has 0 radical (unpaired) electrons. The van der Waals surface area contributed by atoms with Gasteiger partial charge in [-0.25, -0.2) is 0 Å². The third-order valence-corrected chi connectivity index (χ3v) is 4.15. The molecular weight excluding hydrogens is 374 g/mol. The van der Waals surface area contributed by atoms with Gasteiger partial charge >= 0.3 is 0 Å². The van der Waals surface area contributed by atoms with E-state index in [1.54, 1.807) is 0 Å². The van der Waals surface area contributed by atoms with Crippen molar-refractivity contribution >= 4 is 31.9 Å². The van der Waals surface area contributed by atoms with Gasteiger partial charge < -0.3 is 14.8 Å². The van der Waals surface area contributed by atoms with Crippen LogP contribution in [0, 0.1) is 5.92 Å². The molecule has 5 heteroatoms. The van der Waals surface area contributed by atoms with Gasteiger partial charge in [0.1, 0.15) is 0 Å². The summed E-state index contributed by atoms with van der Waals surface area (Å²) in [6.45, 7) is 5.03. The molecule has 1 N–H and O–H groups in total. The fourth-order valence-corrected chi connectivity index (χ4v) is 3.23. The van der Waals surface area contributed by atoms with Crippen molar-refractivity contribution in [3.8, 4) is 5.75 Å². The molecule has 0 atom stereocenters. The van der Waals surface area contributed by atoms with Crippen molar-refractivity contribution in [2.24, 2.45) is 5.92 Å². The number of hydrogen-bond acceptors (Lipinski definition) is 3. The van der Waals surface area contributed by atoms with Crippen LogP contribution in [0.25, 0.3) is 0 Å². The molecule has 1 aliphatic rings. The van der Waals surface area contributed by atoms with Gasteiger partial charge in [0.05, 0.1) is 15.6 Å². The van der Waals surface area contributed by atoms with E-state index in [9.17, 15) is 0 Å². The third kappa shape index (κ3) is 5.06. The van der Waals surface area contributed by atoms with Crippen LogP contribution >= 0.6 is 31.9 Å². The number of hydrogen-bond donors (Lipinski definition) is 1. The molecule has 0 bridgehead atoms. The fourth-order valence-electron chi connectivity index (χ4n) is 1.72. The summed E-state index contributed by atoms with van der Waals surface area (Å²) < 4.78 is 13.1. The smallest absolute Gasteiger partial charge is 0.189 e. The summed E-state index contributed by atoms with van der Waals surface area (Å²) in [7, 11) is 0. The van der Waals surface area contributed by atoms with E-state index < -0.39 is 0 Å². The van der Waals surface area contributed by atoms with Crippen molar-refractivity contribution in [1.29, 1.82) is 0 Å². The van der Waals surface area contributed by atoms with Crippen LogP contribution in [0.5, 0.6) is 5.75 Å². The van der Waals surface area contributed by atoms with Crippen molar-refractivity contribution in [3.63, 3.8) is 0 Å². The summed E-state index contributed by atoms with van der Waals surface area (Å²) in [4.78, 5) is 0. The lowest BCUT2D eigenvalue weighted by atomic mass is 10.2. The molecule has 1 aromatic carbocycles. The molecule has 19 heavy (non-hydrogen) atoms. The van der Waals surface area contributed by atoms with Crippen LogP contribution in [-0.2, 0) is 11.3 Å². The lowest BCUT2D eigenvalue weighted by Crippen LogP contribution is -2.12. The maximum absolute atomic E-state index is 5.67. The first-order chi connectivity index (χ1) is 9.20. The Balaban J connectivity index is 1.87. The summed E-state index contributed by atoms with van der Waals surface area (Å²) in [5.74, 6) is 1.56.